The molecule has 0 aromatic heterocycles. The van der Waals surface area contributed by atoms with Gasteiger partial charge in [0.05, 0.1) is 4.47 Å². The minimum atomic E-state index is -0.593. The molecule has 0 amide bonds. The number of halogens is 3. The maximum atomic E-state index is 13.6. The van der Waals surface area contributed by atoms with Crippen LogP contribution in [0.3, 0.4) is 0 Å². The van der Waals surface area contributed by atoms with Crippen molar-refractivity contribution < 1.29 is 13.9 Å². The van der Waals surface area contributed by atoms with E-state index in [0.717, 1.165) is 12.8 Å². The normalized spacial score (nSPS) is 17.9. The van der Waals surface area contributed by atoms with Gasteiger partial charge in [0.2, 0.25) is 0 Å². The van der Waals surface area contributed by atoms with E-state index in [1.54, 1.807) is 0 Å². The van der Waals surface area contributed by atoms with Crippen LogP contribution in [-0.2, 0) is 6.42 Å². The van der Waals surface area contributed by atoms with E-state index in [0.29, 0.717) is 12.0 Å². The third-order valence-corrected chi connectivity index (χ3v) is 3.70. The number of aliphatic hydroxyl groups excluding tert-OH is 1. The lowest BCUT2D eigenvalue weighted by molar-refractivity contribution is 0.210. The van der Waals surface area contributed by atoms with E-state index < -0.39 is 11.6 Å². The van der Waals surface area contributed by atoms with Crippen molar-refractivity contribution in [3.63, 3.8) is 0 Å². The monoisotopic (exact) mass is 276 g/mol. The van der Waals surface area contributed by atoms with Gasteiger partial charge >= 0.3 is 0 Å². The van der Waals surface area contributed by atoms with E-state index in [1.807, 2.05) is 0 Å². The third-order valence-electron chi connectivity index (χ3n) is 2.97. The molecule has 0 heterocycles. The Morgan fingerprint density at radius 1 is 1.33 bits per heavy atom. The molecule has 0 aliphatic heterocycles. The molecule has 1 fully saturated rings. The van der Waals surface area contributed by atoms with Crippen molar-refractivity contribution in [1.82, 2.24) is 0 Å². The SMILES string of the molecule is OCC1(Cc2ccc(F)c(Br)c2F)CC1. The predicted octanol–water partition coefficient (Wildman–Crippen LogP) is 3.04. The summed E-state index contributed by atoms with van der Waals surface area (Å²) in [7, 11) is 0. The molecule has 1 aromatic carbocycles. The van der Waals surface area contributed by atoms with E-state index in [-0.39, 0.29) is 16.5 Å². The van der Waals surface area contributed by atoms with Gasteiger partial charge in [0.1, 0.15) is 11.6 Å². The van der Waals surface area contributed by atoms with Crippen molar-refractivity contribution in [3.8, 4) is 0 Å². The second kappa shape index (κ2) is 3.83. The Morgan fingerprint density at radius 2 is 2.00 bits per heavy atom. The van der Waals surface area contributed by atoms with E-state index in [2.05, 4.69) is 15.9 Å². The molecule has 1 saturated carbocycles. The molecule has 0 radical (unpaired) electrons. The lowest BCUT2D eigenvalue weighted by Crippen LogP contribution is -2.11. The largest absolute Gasteiger partial charge is 0.396 e. The molecule has 1 aromatic rings. The van der Waals surface area contributed by atoms with Crippen LogP contribution in [0.4, 0.5) is 8.78 Å². The molecular weight excluding hydrogens is 266 g/mol. The summed E-state index contributed by atoms with van der Waals surface area (Å²) in [4.78, 5) is 0. The summed E-state index contributed by atoms with van der Waals surface area (Å²) in [5.41, 5.74) is 0.313. The van der Waals surface area contributed by atoms with Crippen LogP contribution in [0, 0.1) is 17.0 Å². The van der Waals surface area contributed by atoms with Crippen LogP contribution in [0.5, 0.6) is 0 Å². The van der Waals surface area contributed by atoms with E-state index in [9.17, 15) is 8.78 Å². The Hall–Kier alpha value is -0.480. The first kappa shape index (κ1) is 11.0. The minimum Gasteiger partial charge on any atom is -0.396 e. The highest BCUT2D eigenvalue weighted by molar-refractivity contribution is 9.10. The van der Waals surface area contributed by atoms with Crippen molar-refractivity contribution in [1.29, 1.82) is 0 Å². The Kier molecular flexibility index (Phi) is 2.81. The van der Waals surface area contributed by atoms with Gasteiger partial charge in [-0.15, -0.1) is 0 Å². The standard InChI is InChI=1S/C11H11BrF2O/c12-9-8(13)2-1-7(10(9)14)5-11(6-15)3-4-11/h1-2,15H,3-6H2. The fraction of sp³-hybridized carbons (Fsp3) is 0.455. The number of aliphatic hydroxyl groups is 1. The number of hydrogen-bond acceptors (Lipinski definition) is 1. The summed E-state index contributed by atoms with van der Waals surface area (Å²) in [6, 6.07) is 2.70. The fourth-order valence-corrected chi connectivity index (χ4v) is 2.06. The molecular formula is C11H11BrF2O. The second-order valence-corrected chi connectivity index (χ2v) is 4.96. The van der Waals surface area contributed by atoms with Gasteiger partial charge in [-0.1, -0.05) is 6.07 Å². The molecule has 4 heteroatoms. The van der Waals surface area contributed by atoms with Crippen molar-refractivity contribution in [3.05, 3.63) is 33.8 Å². The highest BCUT2D eigenvalue weighted by atomic mass is 79.9. The topological polar surface area (TPSA) is 20.2 Å². The number of rotatable bonds is 3. The highest BCUT2D eigenvalue weighted by Gasteiger charge is 2.42. The molecule has 1 nitrogen and oxygen atoms in total. The van der Waals surface area contributed by atoms with Crippen LogP contribution < -0.4 is 0 Å². The first-order valence-corrected chi connectivity index (χ1v) is 5.60. The zero-order valence-electron chi connectivity index (χ0n) is 8.06. The van der Waals surface area contributed by atoms with Crippen molar-refractivity contribution in [2.45, 2.75) is 19.3 Å². The highest BCUT2D eigenvalue weighted by Crippen LogP contribution is 2.48. The Balaban J connectivity index is 2.26. The number of hydrogen-bond donors (Lipinski definition) is 1. The van der Waals surface area contributed by atoms with Crippen molar-refractivity contribution in [2.24, 2.45) is 5.41 Å². The summed E-state index contributed by atoms with van der Waals surface area (Å²) in [6.45, 7) is 0.0709. The van der Waals surface area contributed by atoms with E-state index >= 15 is 0 Å². The molecule has 0 spiro atoms. The van der Waals surface area contributed by atoms with Crippen molar-refractivity contribution >= 4 is 15.9 Å². The zero-order chi connectivity index (χ0) is 11.1. The van der Waals surface area contributed by atoms with Crippen LogP contribution >= 0.6 is 15.9 Å². The molecule has 2 rings (SSSR count). The van der Waals surface area contributed by atoms with Gasteiger partial charge < -0.3 is 5.11 Å². The summed E-state index contributed by atoms with van der Waals surface area (Å²) < 4.78 is 26.4. The molecule has 82 valence electrons. The molecule has 1 N–H and O–H groups in total. The molecule has 0 atom stereocenters. The van der Waals surface area contributed by atoms with Gasteiger partial charge in [-0.2, -0.15) is 0 Å². The van der Waals surface area contributed by atoms with Gasteiger partial charge in [0.15, 0.2) is 0 Å². The van der Waals surface area contributed by atoms with E-state index in [1.165, 1.54) is 12.1 Å². The molecule has 0 saturated heterocycles. The van der Waals surface area contributed by atoms with Gasteiger partial charge in [0, 0.05) is 6.61 Å². The Labute approximate surface area is 95.2 Å². The summed E-state index contributed by atoms with van der Waals surface area (Å²) in [5, 5.41) is 9.12. The molecule has 0 bridgehead atoms. The average Bonchev–Trinajstić information content (AvgIpc) is 3.00. The smallest absolute Gasteiger partial charge is 0.143 e. The van der Waals surface area contributed by atoms with Crippen LogP contribution in [0.1, 0.15) is 18.4 Å². The Morgan fingerprint density at radius 3 is 2.53 bits per heavy atom. The zero-order valence-corrected chi connectivity index (χ0v) is 9.65. The summed E-state index contributed by atoms with van der Waals surface area (Å²) in [6.07, 6.45) is 2.31. The predicted molar refractivity (Wildman–Crippen MR) is 56.5 cm³/mol. The number of benzene rings is 1. The maximum absolute atomic E-state index is 13.6. The van der Waals surface area contributed by atoms with Crippen LogP contribution in [-0.4, -0.2) is 11.7 Å². The van der Waals surface area contributed by atoms with Gasteiger partial charge in [0.25, 0.3) is 0 Å². The first-order valence-electron chi connectivity index (χ1n) is 4.81. The van der Waals surface area contributed by atoms with Crippen LogP contribution in [0.15, 0.2) is 16.6 Å². The lowest BCUT2D eigenvalue weighted by atomic mass is 9.97. The van der Waals surface area contributed by atoms with Gasteiger partial charge in [-0.25, -0.2) is 8.78 Å². The molecule has 0 unspecified atom stereocenters. The van der Waals surface area contributed by atoms with Gasteiger partial charge in [-0.3, -0.25) is 0 Å². The summed E-state index contributed by atoms with van der Waals surface area (Å²) >= 11 is 2.87. The molecule has 1 aliphatic rings. The fourth-order valence-electron chi connectivity index (χ4n) is 1.67. The lowest BCUT2D eigenvalue weighted by Gasteiger charge is -2.12. The van der Waals surface area contributed by atoms with E-state index in [4.69, 9.17) is 5.11 Å². The van der Waals surface area contributed by atoms with Crippen LogP contribution in [0.25, 0.3) is 0 Å². The molecule has 1 aliphatic carbocycles. The van der Waals surface area contributed by atoms with Gasteiger partial charge in [-0.05, 0) is 52.2 Å². The third kappa shape index (κ3) is 2.06. The second-order valence-electron chi connectivity index (χ2n) is 4.17. The summed E-state index contributed by atoms with van der Waals surface area (Å²) in [5.74, 6) is -1.14. The van der Waals surface area contributed by atoms with Crippen molar-refractivity contribution in [2.75, 3.05) is 6.61 Å². The average molecular weight is 277 g/mol. The quantitative estimate of drug-likeness (QED) is 0.842. The minimum absolute atomic E-state index is 0.0709. The Bertz CT molecular complexity index is 388. The van der Waals surface area contributed by atoms with Crippen LogP contribution in [0.2, 0.25) is 0 Å². The first-order chi connectivity index (χ1) is 7.08. The maximum Gasteiger partial charge on any atom is 0.143 e. The molecule has 15 heavy (non-hydrogen) atoms.